The second-order valence-electron chi connectivity index (χ2n) is 6.50. The van der Waals surface area contributed by atoms with Crippen molar-refractivity contribution in [3.8, 4) is 15.6 Å². The molecule has 0 unspecified atom stereocenters. The zero-order valence-corrected chi connectivity index (χ0v) is 18.7. The fourth-order valence-corrected chi connectivity index (χ4v) is 6.35. The van der Waals surface area contributed by atoms with E-state index in [2.05, 4.69) is 16.0 Å². The summed E-state index contributed by atoms with van der Waals surface area (Å²) in [7, 11) is 1.66. The van der Waals surface area contributed by atoms with Crippen LogP contribution in [0, 0.1) is 0 Å². The summed E-state index contributed by atoms with van der Waals surface area (Å²) in [6.07, 6.45) is 0. The number of hydrogen-bond donors (Lipinski definition) is 0. The van der Waals surface area contributed by atoms with Crippen LogP contribution in [0.2, 0.25) is 0 Å². The molecule has 3 aromatic heterocycles. The van der Waals surface area contributed by atoms with Crippen LogP contribution in [0.25, 0.3) is 30.3 Å². The van der Waals surface area contributed by atoms with Crippen LogP contribution in [-0.4, -0.2) is 22.6 Å². The topological polar surface area (TPSA) is 56.5 Å². The molecule has 0 N–H and O–H groups in total. The van der Waals surface area contributed by atoms with Gasteiger partial charge in [0, 0.05) is 6.54 Å². The summed E-state index contributed by atoms with van der Waals surface area (Å²) in [6, 6.07) is 17.7. The highest BCUT2D eigenvalue weighted by molar-refractivity contribution is 7.26. The van der Waals surface area contributed by atoms with Gasteiger partial charge in [0.2, 0.25) is 0 Å². The van der Waals surface area contributed by atoms with Crippen molar-refractivity contribution in [2.24, 2.45) is 4.99 Å². The van der Waals surface area contributed by atoms with Crippen LogP contribution in [0.15, 0.2) is 59.6 Å². The second kappa shape index (κ2) is 7.79. The lowest BCUT2D eigenvalue weighted by Gasteiger charge is -2.05. The molecule has 2 aromatic carbocycles. The number of nitrogens with zero attached hydrogens (tertiary/aromatic N) is 3. The summed E-state index contributed by atoms with van der Waals surface area (Å²) in [6.45, 7) is 2.74. The lowest BCUT2D eigenvalue weighted by molar-refractivity contribution is 0.100. The largest absolute Gasteiger partial charge is 0.495 e. The molecule has 150 valence electrons. The number of carbonyl (C=O) groups excluding carboxylic acids is 1. The minimum atomic E-state index is -0.236. The molecule has 5 nitrogen and oxygen atoms in total. The first-order valence-electron chi connectivity index (χ1n) is 9.39. The Balaban J connectivity index is 1.54. The van der Waals surface area contributed by atoms with Crippen LogP contribution in [0.4, 0.5) is 0 Å². The third kappa shape index (κ3) is 3.27. The van der Waals surface area contributed by atoms with Crippen LogP contribution < -0.4 is 9.54 Å². The van der Waals surface area contributed by atoms with Gasteiger partial charge in [0.25, 0.3) is 5.91 Å². The molecule has 0 bridgehead atoms. The average Bonchev–Trinajstić information content (AvgIpc) is 3.48. The molecule has 0 fully saturated rings. The first kappa shape index (κ1) is 19.2. The summed E-state index contributed by atoms with van der Waals surface area (Å²) in [5.74, 6) is 0.550. The van der Waals surface area contributed by atoms with Gasteiger partial charge in [-0.2, -0.15) is 4.99 Å². The zero-order chi connectivity index (χ0) is 20.7. The number of hydrogen-bond acceptors (Lipinski definition) is 6. The van der Waals surface area contributed by atoms with Crippen molar-refractivity contribution in [1.29, 1.82) is 0 Å². The van der Waals surface area contributed by atoms with Crippen LogP contribution in [0.5, 0.6) is 5.75 Å². The first-order chi connectivity index (χ1) is 14.7. The van der Waals surface area contributed by atoms with Gasteiger partial charge in [-0.15, -0.1) is 22.7 Å². The van der Waals surface area contributed by atoms with E-state index in [1.807, 2.05) is 60.0 Å². The summed E-state index contributed by atoms with van der Waals surface area (Å²) >= 11 is 4.56. The van der Waals surface area contributed by atoms with Crippen LogP contribution in [0.1, 0.15) is 16.6 Å². The van der Waals surface area contributed by atoms with Crippen molar-refractivity contribution in [3.63, 3.8) is 0 Å². The molecular weight excluding hydrogens is 434 g/mol. The van der Waals surface area contributed by atoms with Gasteiger partial charge in [0.05, 0.1) is 31.8 Å². The number of thiazole rings is 2. The number of amides is 1. The number of methoxy groups -OCH3 is 1. The monoisotopic (exact) mass is 451 g/mol. The van der Waals surface area contributed by atoms with Gasteiger partial charge in [-0.1, -0.05) is 29.5 Å². The second-order valence-corrected chi connectivity index (χ2v) is 9.63. The highest BCUT2D eigenvalue weighted by Crippen LogP contribution is 2.34. The third-order valence-electron chi connectivity index (χ3n) is 4.72. The van der Waals surface area contributed by atoms with Crippen molar-refractivity contribution in [2.45, 2.75) is 13.5 Å². The van der Waals surface area contributed by atoms with Gasteiger partial charge >= 0.3 is 0 Å². The summed E-state index contributed by atoms with van der Waals surface area (Å²) in [5, 5.41) is 0.926. The quantitative estimate of drug-likeness (QED) is 0.346. The third-order valence-corrected chi connectivity index (χ3v) is 8.04. The Morgan fingerprint density at radius 3 is 2.67 bits per heavy atom. The van der Waals surface area contributed by atoms with Gasteiger partial charge in [0.1, 0.15) is 16.3 Å². The Morgan fingerprint density at radius 1 is 1.03 bits per heavy atom. The molecule has 0 aliphatic heterocycles. The van der Waals surface area contributed by atoms with E-state index in [-0.39, 0.29) is 5.91 Å². The normalized spacial score (nSPS) is 12.1. The smallest absolute Gasteiger partial charge is 0.289 e. The Kier molecular flexibility index (Phi) is 4.98. The molecule has 5 aromatic rings. The predicted octanol–water partition coefficient (Wildman–Crippen LogP) is 5.81. The zero-order valence-electron chi connectivity index (χ0n) is 16.3. The Labute approximate surface area is 184 Å². The molecule has 0 atom stereocenters. The summed E-state index contributed by atoms with van der Waals surface area (Å²) < 4.78 is 9.72. The van der Waals surface area contributed by atoms with Crippen LogP contribution in [-0.2, 0) is 6.54 Å². The number of aromatic nitrogens is 2. The fourth-order valence-electron chi connectivity index (χ4n) is 3.33. The SMILES string of the molecule is CCn1c(=NC(=O)c2ccc(-c3nc4ccccc4s3)s2)sc2cccc(OC)c21. The molecule has 0 spiro atoms. The first-order valence-corrected chi connectivity index (χ1v) is 11.8. The molecule has 0 aliphatic rings. The molecule has 0 saturated heterocycles. The minimum Gasteiger partial charge on any atom is -0.495 e. The number of fused-ring (bicyclic) bond motifs is 2. The maximum atomic E-state index is 12.9. The van der Waals surface area contributed by atoms with E-state index in [9.17, 15) is 4.79 Å². The average molecular weight is 452 g/mol. The van der Waals surface area contributed by atoms with E-state index in [1.54, 1.807) is 18.4 Å². The van der Waals surface area contributed by atoms with Gasteiger partial charge in [-0.3, -0.25) is 4.79 Å². The molecular formula is C22H17N3O2S3. The summed E-state index contributed by atoms with van der Waals surface area (Å²) in [5.41, 5.74) is 1.95. The summed E-state index contributed by atoms with van der Waals surface area (Å²) in [4.78, 5) is 24.3. The Bertz CT molecular complexity index is 1420. The van der Waals surface area contributed by atoms with E-state index in [0.717, 1.165) is 36.1 Å². The lowest BCUT2D eigenvalue weighted by atomic mass is 10.3. The molecule has 0 radical (unpaired) electrons. The molecule has 30 heavy (non-hydrogen) atoms. The van der Waals surface area contributed by atoms with Gasteiger partial charge < -0.3 is 9.30 Å². The number of thiophene rings is 1. The lowest BCUT2D eigenvalue weighted by Crippen LogP contribution is -2.15. The maximum Gasteiger partial charge on any atom is 0.289 e. The highest BCUT2D eigenvalue weighted by atomic mass is 32.1. The fraction of sp³-hybridized carbons (Fsp3) is 0.136. The minimum absolute atomic E-state index is 0.236. The van der Waals surface area contributed by atoms with Crippen molar-refractivity contribution >= 4 is 60.4 Å². The number of carbonyl (C=O) groups is 1. The van der Waals surface area contributed by atoms with Gasteiger partial charge in [-0.05, 0) is 43.3 Å². The molecule has 0 aliphatic carbocycles. The maximum absolute atomic E-state index is 12.9. The molecule has 5 rings (SSSR count). The van der Waals surface area contributed by atoms with E-state index >= 15 is 0 Å². The van der Waals surface area contributed by atoms with E-state index in [4.69, 9.17) is 4.74 Å². The number of benzene rings is 2. The van der Waals surface area contributed by atoms with Crippen molar-refractivity contribution in [3.05, 3.63) is 64.3 Å². The van der Waals surface area contributed by atoms with E-state index < -0.39 is 0 Å². The van der Waals surface area contributed by atoms with Crippen molar-refractivity contribution in [1.82, 2.24) is 9.55 Å². The van der Waals surface area contributed by atoms with Crippen LogP contribution >= 0.6 is 34.0 Å². The Morgan fingerprint density at radius 2 is 1.87 bits per heavy atom. The van der Waals surface area contributed by atoms with Gasteiger partial charge in [0.15, 0.2) is 4.80 Å². The van der Waals surface area contributed by atoms with Crippen molar-refractivity contribution in [2.75, 3.05) is 7.11 Å². The number of rotatable bonds is 4. The molecule has 1 amide bonds. The van der Waals surface area contributed by atoms with E-state index in [1.165, 1.54) is 22.7 Å². The predicted molar refractivity (Wildman–Crippen MR) is 125 cm³/mol. The highest BCUT2D eigenvalue weighted by Gasteiger charge is 2.15. The molecule has 0 saturated carbocycles. The van der Waals surface area contributed by atoms with Crippen molar-refractivity contribution < 1.29 is 9.53 Å². The molecule has 3 heterocycles. The van der Waals surface area contributed by atoms with Crippen LogP contribution in [0.3, 0.4) is 0 Å². The van der Waals surface area contributed by atoms with E-state index in [0.29, 0.717) is 16.2 Å². The molecule has 8 heteroatoms. The number of aryl methyl sites for hydroxylation is 1. The number of ether oxygens (including phenoxy) is 1. The Hall–Kier alpha value is -2.81. The van der Waals surface area contributed by atoms with Gasteiger partial charge in [-0.25, -0.2) is 4.98 Å². The number of para-hydroxylation sites is 2. The standard InChI is InChI=1S/C22H17N3O2S3/c1-3-25-19-14(27-2)8-6-10-16(19)30-22(25)24-20(26)17-11-12-18(28-17)21-23-13-7-4-5-9-15(13)29-21/h4-12H,3H2,1-2H3.